The Kier molecular flexibility index (Phi) is 5.76. The highest BCUT2D eigenvalue weighted by Crippen LogP contribution is 2.36. The topological polar surface area (TPSA) is 40.0 Å². The molecule has 1 aromatic carbocycles. The van der Waals surface area contributed by atoms with Gasteiger partial charge in [-0.25, -0.2) is 0 Å². The van der Waals surface area contributed by atoms with Gasteiger partial charge in [-0.1, -0.05) is 42.3 Å². The molecule has 0 aromatic heterocycles. The summed E-state index contributed by atoms with van der Waals surface area (Å²) in [5.41, 5.74) is 3.58. The predicted molar refractivity (Wildman–Crippen MR) is 100.0 cm³/mol. The average Bonchev–Trinajstić information content (AvgIpc) is 2.72. The summed E-state index contributed by atoms with van der Waals surface area (Å²) in [6.45, 7) is 15.0. The molecule has 1 aliphatic heterocycles. The van der Waals surface area contributed by atoms with E-state index in [0.29, 0.717) is 6.61 Å². The first-order chi connectivity index (χ1) is 11.2. The lowest BCUT2D eigenvalue weighted by Gasteiger charge is -2.32. The largest absolute Gasteiger partial charge is 0.495 e. The van der Waals surface area contributed by atoms with Crippen molar-refractivity contribution in [1.29, 1.82) is 0 Å². The van der Waals surface area contributed by atoms with E-state index in [1.807, 2.05) is 6.92 Å². The van der Waals surface area contributed by atoms with Gasteiger partial charge in [0.25, 0.3) is 0 Å². The van der Waals surface area contributed by atoms with Gasteiger partial charge in [-0.05, 0) is 59.0 Å². The van der Waals surface area contributed by atoms with Crippen LogP contribution in [0, 0.1) is 6.92 Å². The van der Waals surface area contributed by atoms with Crippen molar-refractivity contribution in [3.8, 4) is 0 Å². The van der Waals surface area contributed by atoms with Crippen LogP contribution < -0.4 is 5.46 Å². The van der Waals surface area contributed by atoms with E-state index in [4.69, 9.17) is 14.1 Å². The third kappa shape index (κ3) is 3.84. The summed E-state index contributed by atoms with van der Waals surface area (Å²) in [5.74, 6) is 0. The first-order valence-corrected chi connectivity index (χ1v) is 8.87. The molecule has 1 fully saturated rings. The molecular formula is C19H30BNO3. The molecule has 0 saturated carbocycles. The van der Waals surface area contributed by atoms with Crippen LogP contribution in [-0.4, -0.2) is 30.6 Å². The van der Waals surface area contributed by atoms with Gasteiger partial charge in [0, 0.05) is 0 Å². The molecule has 0 aliphatic carbocycles. The molecule has 1 heterocycles. The number of rotatable bonds is 6. The van der Waals surface area contributed by atoms with Crippen molar-refractivity contribution in [2.24, 2.45) is 5.16 Å². The van der Waals surface area contributed by atoms with E-state index in [0.717, 1.165) is 35.1 Å². The highest BCUT2D eigenvalue weighted by atomic mass is 16.7. The maximum atomic E-state index is 6.21. The van der Waals surface area contributed by atoms with Crippen molar-refractivity contribution in [3.63, 3.8) is 0 Å². The number of aryl methyl sites for hydroxylation is 1. The van der Waals surface area contributed by atoms with Gasteiger partial charge >= 0.3 is 7.12 Å². The van der Waals surface area contributed by atoms with Crippen LogP contribution in [0.25, 0.3) is 0 Å². The minimum absolute atomic E-state index is 0.341. The van der Waals surface area contributed by atoms with Crippen LogP contribution in [0.2, 0.25) is 0 Å². The second-order valence-electron chi connectivity index (χ2n) is 7.37. The molecule has 1 aliphatic rings. The third-order valence-electron chi connectivity index (χ3n) is 4.91. The molecule has 0 radical (unpaired) electrons. The normalized spacial score (nSPS) is 19.6. The molecule has 2 rings (SSSR count). The summed E-state index contributed by atoms with van der Waals surface area (Å²) in [4.78, 5) is 5.29. The molecule has 24 heavy (non-hydrogen) atoms. The Labute approximate surface area is 146 Å². The van der Waals surface area contributed by atoms with E-state index in [9.17, 15) is 0 Å². The summed E-state index contributed by atoms with van der Waals surface area (Å²) < 4.78 is 12.4. The Morgan fingerprint density at radius 1 is 1.12 bits per heavy atom. The van der Waals surface area contributed by atoms with Crippen LogP contribution in [0.4, 0.5) is 0 Å². The fraction of sp³-hybridized carbons (Fsp3) is 0.632. The van der Waals surface area contributed by atoms with Crippen molar-refractivity contribution in [1.82, 2.24) is 0 Å². The first kappa shape index (κ1) is 19.0. The highest BCUT2D eigenvalue weighted by Gasteiger charge is 2.52. The van der Waals surface area contributed by atoms with Crippen LogP contribution in [0.1, 0.15) is 65.5 Å². The second kappa shape index (κ2) is 7.28. The Hall–Kier alpha value is -1.33. The van der Waals surface area contributed by atoms with Crippen LogP contribution in [0.15, 0.2) is 23.4 Å². The first-order valence-electron chi connectivity index (χ1n) is 8.87. The Bertz CT molecular complexity index is 595. The van der Waals surface area contributed by atoms with Crippen molar-refractivity contribution in [3.05, 3.63) is 29.3 Å². The fourth-order valence-electron chi connectivity index (χ4n) is 2.67. The maximum absolute atomic E-state index is 6.21. The van der Waals surface area contributed by atoms with Gasteiger partial charge in [0.05, 0.1) is 16.9 Å². The Morgan fingerprint density at radius 3 is 2.29 bits per heavy atom. The van der Waals surface area contributed by atoms with E-state index in [2.05, 4.69) is 64.9 Å². The SMILES string of the molecule is CCC/C(=N\OCC)c1ccc(C)c(B2OC(C)(C)C(C)(C)O2)c1. The number of hydrogen-bond donors (Lipinski definition) is 0. The van der Waals surface area contributed by atoms with E-state index in [-0.39, 0.29) is 18.3 Å². The molecule has 0 spiro atoms. The molecule has 0 unspecified atom stereocenters. The lowest BCUT2D eigenvalue weighted by Crippen LogP contribution is -2.41. The predicted octanol–water partition coefficient (Wildman–Crippen LogP) is 3.83. The Morgan fingerprint density at radius 2 is 1.75 bits per heavy atom. The van der Waals surface area contributed by atoms with Crippen LogP contribution in [0.3, 0.4) is 0 Å². The standard InChI is InChI=1S/C19H30BNO3/c1-8-10-17(21-22-9-2)15-12-11-14(3)16(13-15)20-23-18(4,5)19(6,7)24-20/h11-13H,8-10H2,1-7H3/b21-17+. The van der Waals surface area contributed by atoms with Gasteiger partial charge in [0.2, 0.25) is 0 Å². The van der Waals surface area contributed by atoms with Gasteiger partial charge in [-0.3, -0.25) is 0 Å². The lowest BCUT2D eigenvalue weighted by molar-refractivity contribution is 0.00578. The van der Waals surface area contributed by atoms with Gasteiger partial charge in [-0.15, -0.1) is 0 Å². The van der Waals surface area contributed by atoms with Crippen molar-refractivity contribution in [2.75, 3.05) is 6.61 Å². The van der Waals surface area contributed by atoms with Crippen LogP contribution in [-0.2, 0) is 14.1 Å². The van der Waals surface area contributed by atoms with Crippen LogP contribution >= 0.6 is 0 Å². The number of benzene rings is 1. The minimum Gasteiger partial charge on any atom is -0.399 e. The molecule has 0 bridgehead atoms. The van der Waals surface area contributed by atoms with Crippen molar-refractivity contribution in [2.45, 2.75) is 72.5 Å². The molecular weight excluding hydrogens is 301 g/mol. The number of nitrogens with zero attached hydrogens (tertiary/aromatic N) is 1. The summed E-state index contributed by atoms with van der Waals surface area (Å²) >= 11 is 0. The molecule has 4 nitrogen and oxygen atoms in total. The lowest BCUT2D eigenvalue weighted by atomic mass is 9.75. The summed E-state index contributed by atoms with van der Waals surface area (Å²) in [6, 6.07) is 6.33. The Balaban J connectivity index is 2.36. The van der Waals surface area contributed by atoms with E-state index < -0.39 is 0 Å². The van der Waals surface area contributed by atoms with E-state index >= 15 is 0 Å². The zero-order chi connectivity index (χ0) is 18.0. The number of hydrogen-bond acceptors (Lipinski definition) is 4. The molecule has 1 aromatic rings. The second-order valence-corrected chi connectivity index (χ2v) is 7.37. The van der Waals surface area contributed by atoms with E-state index in [1.165, 1.54) is 0 Å². The maximum Gasteiger partial charge on any atom is 0.495 e. The van der Waals surface area contributed by atoms with Gasteiger partial charge in [0.1, 0.15) is 6.61 Å². The van der Waals surface area contributed by atoms with Crippen molar-refractivity contribution >= 4 is 18.3 Å². The highest BCUT2D eigenvalue weighted by molar-refractivity contribution is 6.62. The smallest absolute Gasteiger partial charge is 0.399 e. The number of oxime groups is 1. The average molecular weight is 331 g/mol. The molecule has 132 valence electrons. The zero-order valence-electron chi connectivity index (χ0n) is 16.1. The zero-order valence-corrected chi connectivity index (χ0v) is 16.1. The molecule has 0 N–H and O–H groups in total. The summed E-state index contributed by atoms with van der Waals surface area (Å²) in [5, 5.41) is 4.29. The third-order valence-corrected chi connectivity index (χ3v) is 4.91. The molecule has 0 atom stereocenters. The van der Waals surface area contributed by atoms with Gasteiger partial charge in [-0.2, -0.15) is 0 Å². The minimum atomic E-state index is -0.357. The van der Waals surface area contributed by atoms with Gasteiger partial charge < -0.3 is 14.1 Å². The van der Waals surface area contributed by atoms with E-state index in [1.54, 1.807) is 0 Å². The fourth-order valence-corrected chi connectivity index (χ4v) is 2.67. The summed E-state index contributed by atoms with van der Waals surface area (Å²) in [6.07, 6.45) is 1.90. The quantitative estimate of drug-likeness (QED) is 0.452. The molecule has 0 amide bonds. The van der Waals surface area contributed by atoms with Crippen LogP contribution in [0.5, 0.6) is 0 Å². The van der Waals surface area contributed by atoms with Crippen molar-refractivity contribution < 1.29 is 14.1 Å². The molecule has 5 heteroatoms. The van der Waals surface area contributed by atoms with Gasteiger partial charge in [0.15, 0.2) is 0 Å². The summed E-state index contributed by atoms with van der Waals surface area (Å²) in [7, 11) is -0.357. The monoisotopic (exact) mass is 331 g/mol. The molecule has 1 saturated heterocycles.